The van der Waals surface area contributed by atoms with Gasteiger partial charge in [0, 0.05) is 36.2 Å². The van der Waals surface area contributed by atoms with E-state index in [9.17, 15) is 0 Å². The van der Waals surface area contributed by atoms with E-state index in [4.69, 9.17) is 14.2 Å². The van der Waals surface area contributed by atoms with Crippen LogP contribution in [0.4, 0.5) is 23.1 Å². The highest BCUT2D eigenvalue weighted by Gasteiger charge is 2.15. The fourth-order valence-electron chi connectivity index (χ4n) is 3.11. The third-order valence-electron chi connectivity index (χ3n) is 4.47. The number of aromatic nitrogens is 2. The van der Waals surface area contributed by atoms with Crippen molar-refractivity contribution < 1.29 is 14.2 Å². The monoisotopic (exact) mass is 394 g/mol. The van der Waals surface area contributed by atoms with Gasteiger partial charge in [-0.3, -0.25) is 0 Å². The third kappa shape index (κ3) is 4.51. The van der Waals surface area contributed by atoms with Crippen molar-refractivity contribution in [3.63, 3.8) is 0 Å². The van der Waals surface area contributed by atoms with E-state index in [2.05, 4.69) is 52.2 Å². The van der Waals surface area contributed by atoms with Gasteiger partial charge < -0.3 is 24.4 Å². The van der Waals surface area contributed by atoms with Crippen molar-refractivity contribution in [2.45, 2.75) is 13.8 Å². The zero-order valence-corrected chi connectivity index (χ0v) is 17.4. The molecule has 7 nitrogen and oxygen atoms in total. The first-order valence-electron chi connectivity index (χ1n) is 9.33. The normalized spacial score (nSPS) is 10.4. The highest BCUT2D eigenvalue weighted by Crippen LogP contribution is 2.40. The van der Waals surface area contributed by atoms with E-state index in [0.717, 1.165) is 23.7 Å². The molecule has 0 spiro atoms. The van der Waals surface area contributed by atoms with Crippen LogP contribution in [0.5, 0.6) is 17.2 Å². The predicted molar refractivity (Wildman–Crippen MR) is 115 cm³/mol. The number of hydrogen-bond donors (Lipinski definition) is 1. The molecule has 1 aromatic heterocycles. The SMILES string of the molecule is CCN(c1cccc(C)c1)c1ccnc(Nc2cc(OC)c(OC)c(OC)c2)n1. The Hall–Kier alpha value is -3.48. The minimum Gasteiger partial charge on any atom is -0.493 e. The first kappa shape index (κ1) is 20.3. The molecule has 1 heterocycles. The number of hydrogen-bond acceptors (Lipinski definition) is 7. The summed E-state index contributed by atoms with van der Waals surface area (Å²) in [6.45, 7) is 4.95. The molecular formula is C22H26N4O3. The van der Waals surface area contributed by atoms with Crippen molar-refractivity contribution >= 4 is 23.1 Å². The van der Waals surface area contributed by atoms with Crippen LogP contribution in [0.1, 0.15) is 12.5 Å². The molecule has 0 saturated carbocycles. The number of aryl methyl sites for hydroxylation is 1. The van der Waals surface area contributed by atoms with Crippen molar-refractivity contribution in [1.29, 1.82) is 0 Å². The highest BCUT2D eigenvalue weighted by molar-refractivity contribution is 5.67. The molecule has 152 valence electrons. The molecule has 0 bridgehead atoms. The number of methoxy groups -OCH3 is 3. The van der Waals surface area contributed by atoms with Crippen LogP contribution in [0.25, 0.3) is 0 Å². The summed E-state index contributed by atoms with van der Waals surface area (Å²) in [4.78, 5) is 11.2. The zero-order chi connectivity index (χ0) is 20.8. The minimum atomic E-state index is 0.475. The van der Waals surface area contributed by atoms with Crippen LogP contribution < -0.4 is 24.4 Å². The largest absolute Gasteiger partial charge is 0.493 e. The average molecular weight is 394 g/mol. The van der Waals surface area contributed by atoms with Gasteiger partial charge in [-0.2, -0.15) is 4.98 Å². The topological polar surface area (TPSA) is 68.7 Å². The number of benzene rings is 2. The van der Waals surface area contributed by atoms with Crippen LogP contribution in [-0.2, 0) is 0 Å². The summed E-state index contributed by atoms with van der Waals surface area (Å²) in [5.74, 6) is 2.93. The van der Waals surface area contributed by atoms with Gasteiger partial charge in [0.25, 0.3) is 0 Å². The van der Waals surface area contributed by atoms with Crippen molar-refractivity contribution in [3.8, 4) is 17.2 Å². The fourth-order valence-corrected chi connectivity index (χ4v) is 3.11. The Morgan fingerprint density at radius 3 is 2.28 bits per heavy atom. The molecule has 29 heavy (non-hydrogen) atoms. The van der Waals surface area contributed by atoms with Gasteiger partial charge in [0.15, 0.2) is 11.5 Å². The summed E-state index contributed by atoms with van der Waals surface area (Å²) < 4.78 is 16.2. The second-order valence-corrected chi connectivity index (χ2v) is 6.36. The second kappa shape index (κ2) is 9.14. The maximum Gasteiger partial charge on any atom is 0.229 e. The molecule has 0 amide bonds. The van der Waals surface area contributed by atoms with Crippen molar-refractivity contribution in [1.82, 2.24) is 9.97 Å². The summed E-state index contributed by atoms with van der Waals surface area (Å²) in [5, 5.41) is 3.22. The summed E-state index contributed by atoms with van der Waals surface area (Å²) in [6.07, 6.45) is 1.74. The Labute approximate surface area is 171 Å². The molecule has 0 aliphatic rings. The highest BCUT2D eigenvalue weighted by atomic mass is 16.5. The Kier molecular flexibility index (Phi) is 6.39. The summed E-state index contributed by atoms with van der Waals surface area (Å²) in [5.41, 5.74) is 3.02. The van der Waals surface area contributed by atoms with Crippen LogP contribution in [-0.4, -0.2) is 37.8 Å². The first-order valence-corrected chi connectivity index (χ1v) is 9.33. The summed E-state index contributed by atoms with van der Waals surface area (Å²) >= 11 is 0. The lowest BCUT2D eigenvalue weighted by atomic mass is 10.2. The molecular weight excluding hydrogens is 368 g/mol. The smallest absolute Gasteiger partial charge is 0.229 e. The number of anilines is 4. The molecule has 3 aromatic rings. The van der Waals surface area contributed by atoms with Gasteiger partial charge >= 0.3 is 0 Å². The van der Waals surface area contributed by atoms with Crippen molar-refractivity contribution in [2.24, 2.45) is 0 Å². The molecule has 0 unspecified atom stereocenters. The average Bonchev–Trinajstić information content (AvgIpc) is 2.74. The Bertz CT molecular complexity index is 953. The van der Waals surface area contributed by atoms with E-state index in [0.29, 0.717) is 23.2 Å². The van der Waals surface area contributed by atoms with Gasteiger partial charge in [-0.1, -0.05) is 12.1 Å². The molecule has 0 radical (unpaired) electrons. The van der Waals surface area contributed by atoms with E-state index >= 15 is 0 Å². The number of ether oxygens (including phenoxy) is 3. The number of nitrogens with one attached hydrogen (secondary N) is 1. The number of rotatable bonds is 8. The number of nitrogens with zero attached hydrogens (tertiary/aromatic N) is 3. The molecule has 0 fully saturated rings. The Balaban J connectivity index is 1.92. The fraction of sp³-hybridized carbons (Fsp3) is 0.273. The Morgan fingerprint density at radius 2 is 1.69 bits per heavy atom. The van der Waals surface area contributed by atoms with Crippen LogP contribution in [0.2, 0.25) is 0 Å². The molecule has 0 saturated heterocycles. The van der Waals surface area contributed by atoms with E-state index in [1.807, 2.05) is 24.3 Å². The maximum absolute atomic E-state index is 5.41. The molecule has 0 atom stereocenters. The van der Waals surface area contributed by atoms with Crippen LogP contribution in [0.15, 0.2) is 48.7 Å². The molecule has 1 N–H and O–H groups in total. The van der Waals surface area contributed by atoms with Gasteiger partial charge in [-0.15, -0.1) is 0 Å². The maximum atomic E-state index is 5.41. The Morgan fingerprint density at radius 1 is 0.966 bits per heavy atom. The van der Waals surface area contributed by atoms with Gasteiger partial charge in [-0.05, 0) is 37.6 Å². The second-order valence-electron chi connectivity index (χ2n) is 6.36. The van der Waals surface area contributed by atoms with Crippen LogP contribution >= 0.6 is 0 Å². The predicted octanol–water partition coefficient (Wildman–Crippen LogP) is 4.71. The standard InChI is InChI=1S/C22H26N4O3/c1-6-26(17-9-7-8-15(2)12-17)20-10-11-23-22(25-20)24-16-13-18(27-3)21(29-5)19(14-16)28-4/h7-14H,6H2,1-5H3,(H,23,24,25). The molecule has 3 rings (SSSR count). The van der Waals surface area contributed by atoms with Gasteiger partial charge in [0.1, 0.15) is 5.82 Å². The van der Waals surface area contributed by atoms with Crippen molar-refractivity contribution in [2.75, 3.05) is 38.1 Å². The lowest BCUT2D eigenvalue weighted by Crippen LogP contribution is -2.18. The zero-order valence-electron chi connectivity index (χ0n) is 17.4. The van der Waals surface area contributed by atoms with Crippen molar-refractivity contribution in [3.05, 3.63) is 54.2 Å². The van der Waals surface area contributed by atoms with Crippen LogP contribution in [0.3, 0.4) is 0 Å². The van der Waals surface area contributed by atoms with E-state index in [1.54, 1.807) is 27.5 Å². The van der Waals surface area contributed by atoms with E-state index in [-0.39, 0.29) is 0 Å². The molecule has 7 heteroatoms. The quantitative estimate of drug-likeness (QED) is 0.593. The molecule has 0 aliphatic heterocycles. The lowest BCUT2D eigenvalue weighted by Gasteiger charge is -2.23. The summed E-state index contributed by atoms with van der Waals surface area (Å²) in [6, 6.07) is 13.9. The van der Waals surface area contributed by atoms with Gasteiger partial charge in [0.05, 0.1) is 21.3 Å². The van der Waals surface area contributed by atoms with E-state index in [1.165, 1.54) is 5.56 Å². The third-order valence-corrected chi connectivity index (χ3v) is 4.47. The lowest BCUT2D eigenvalue weighted by molar-refractivity contribution is 0.324. The van der Waals surface area contributed by atoms with Crippen LogP contribution in [0, 0.1) is 6.92 Å². The van der Waals surface area contributed by atoms with E-state index < -0.39 is 0 Å². The first-order chi connectivity index (χ1) is 14.1. The summed E-state index contributed by atoms with van der Waals surface area (Å²) in [7, 11) is 4.74. The molecule has 2 aromatic carbocycles. The van der Waals surface area contributed by atoms with Gasteiger partial charge in [0.2, 0.25) is 11.7 Å². The minimum absolute atomic E-state index is 0.475. The van der Waals surface area contributed by atoms with Gasteiger partial charge in [-0.25, -0.2) is 4.98 Å². The molecule has 0 aliphatic carbocycles.